The minimum absolute atomic E-state index is 0.636. The fraction of sp³-hybridized carbons (Fsp3) is 0.450. The largest absolute Gasteiger partial charge is 0.339 e. The van der Waals surface area contributed by atoms with E-state index in [-0.39, 0.29) is 0 Å². The molecular formula is C20H25N5. The number of hydrogen-bond donors (Lipinski definition) is 1. The third kappa shape index (κ3) is 3.23. The Kier molecular flexibility index (Phi) is 4.38. The molecule has 3 aromatic rings. The average molecular weight is 335 g/mol. The zero-order chi connectivity index (χ0) is 17.2. The maximum atomic E-state index is 4.77. The molecule has 3 aromatic heterocycles. The molecule has 5 nitrogen and oxygen atoms in total. The van der Waals surface area contributed by atoms with E-state index >= 15 is 0 Å². The summed E-state index contributed by atoms with van der Waals surface area (Å²) >= 11 is 0. The first-order valence-electron chi connectivity index (χ1n) is 9.27. The molecule has 1 N–H and O–H groups in total. The van der Waals surface area contributed by atoms with E-state index in [1.54, 1.807) is 0 Å². The highest BCUT2D eigenvalue weighted by molar-refractivity contribution is 5.78. The van der Waals surface area contributed by atoms with Crippen molar-refractivity contribution in [2.75, 3.05) is 5.32 Å². The molecule has 0 radical (unpaired) electrons. The van der Waals surface area contributed by atoms with Crippen LogP contribution in [0.5, 0.6) is 0 Å². The maximum absolute atomic E-state index is 4.77. The van der Waals surface area contributed by atoms with E-state index in [9.17, 15) is 0 Å². The summed E-state index contributed by atoms with van der Waals surface area (Å²) in [6.45, 7) is 2.20. The zero-order valence-corrected chi connectivity index (χ0v) is 15.0. The average Bonchev–Trinajstić information content (AvgIpc) is 3.03. The Labute approximate surface area is 148 Å². The van der Waals surface area contributed by atoms with Gasteiger partial charge in [-0.1, -0.05) is 26.2 Å². The number of nitrogens with one attached hydrogen (secondary N) is 1. The van der Waals surface area contributed by atoms with Crippen molar-refractivity contribution in [3.63, 3.8) is 0 Å². The predicted molar refractivity (Wildman–Crippen MR) is 101 cm³/mol. The van der Waals surface area contributed by atoms with Crippen LogP contribution in [0.2, 0.25) is 0 Å². The van der Waals surface area contributed by atoms with Gasteiger partial charge < -0.3 is 9.88 Å². The van der Waals surface area contributed by atoms with Crippen LogP contribution in [0.15, 0.2) is 30.9 Å². The maximum Gasteiger partial charge on any atom is 0.132 e. The highest BCUT2D eigenvalue weighted by Crippen LogP contribution is 2.33. The molecule has 0 unspecified atom stereocenters. The van der Waals surface area contributed by atoms with Gasteiger partial charge in [0.15, 0.2) is 0 Å². The second kappa shape index (κ2) is 6.82. The van der Waals surface area contributed by atoms with E-state index in [0.29, 0.717) is 5.92 Å². The van der Waals surface area contributed by atoms with Crippen LogP contribution < -0.4 is 5.32 Å². The molecule has 5 heteroatoms. The normalized spacial score (nSPS) is 15.6. The van der Waals surface area contributed by atoms with Crippen LogP contribution >= 0.6 is 0 Å². The number of fused-ring (bicyclic) bond motifs is 1. The molecule has 25 heavy (non-hydrogen) atoms. The van der Waals surface area contributed by atoms with Crippen molar-refractivity contribution >= 4 is 22.5 Å². The Morgan fingerprint density at radius 3 is 2.72 bits per heavy atom. The number of rotatable bonds is 4. The molecule has 0 atom stereocenters. The van der Waals surface area contributed by atoms with Crippen LogP contribution in [0.4, 0.5) is 11.5 Å². The lowest BCUT2D eigenvalue weighted by atomic mass is 9.86. The van der Waals surface area contributed by atoms with Crippen LogP contribution in [0.25, 0.3) is 11.0 Å². The Bertz CT molecular complexity index is 877. The predicted octanol–water partition coefficient (Wildman–Crippen LogP) is 4.72. The Morgan fingerprint density at radius 2 is 1.92 bits per heavy atom. The number of hydrogen-bond acceptors (Lipinski definition) is 4. The molecule has 0 aromatic carbocycles. The van der Waals surface area contributed by atoms with Crippen LogP contribution in [0, 0.1) is 0 Å². The summed E-state index contributed by atoms with van der Waals surface area (Å²) in [5, 5.41) is 3.45. The van der Waals surface area contributed by atoms with Crippen molar-refractivity contribution in [1.82, 2.24) is 19.5 Å². The van der Waals surface area contributed by atoms with E-state index in [0.717, 1.165) is 29.0 Å². The topological polar surface area (TPSA) is 55.6 Å². The molecule has 1 fully saturated rings. The second-order valence-electron chi connectivity index (χ2n) is 6.99. The number of imidazole rings is 1. The quantitative estimate of drug-likeness (QED) is 0.750. The van der Waals surface area contributed by atoms with Gasteiger partial charge in [-0.15, -0.1) is 0 Å². The summed E-state index contributed by atoms with van der Waals surface area (Å²) in [7, 11) is 2.00. The molecular weight excluding hydrogens is 310 g/mol. The molecule has 0 aliphatic heterocycles. The summed E-state index contributed by atoms with van der Waals surface area (Å²) in [4.78, 5) is 13.6. The summed E-state index contributed by atoms with van der Waals surface area (Å²) in [5.41, 5.74) is 5.60. The number of anilines is 2. The fourth-order valence-electron chi connectivity index (χ4n) is 3.78. The summed E-state index contributed by atoms with van der Waals surface area (Å²) in [5.74, 6) is 1.47. The van der Waals surface area contributed by atoms with Gasteiger partial charge in [-0.3, -0.25) is 4.98 Å². The van der Waals surface area contributed by atoms with Crippen molar-refractivity contribution in [2.24, 2.45) is 7.05 Å². The summed E-state index contributed by atoms with van der Waals surface area (Å²) in [6, 6.07) is 4.33. The highest BCUT2D eigenvalue weighted by Gasteiger charge is 2.18. The highest BCUT2D eigenvalue weighted by atomic mass is 15.1. The van der Waals surface area contributed by atoms with Gasteiger partial charge in [-0.2, -0.15) is 0 Å². The Morgan fingerprint density at radius 1 is 1.08 bits per heavy atom. The van der Waals surface area contributed by atoms with Gasteiger partial charge in [0.1, 0.15) is 11.3 Å². The lowest BCUT2D eigenvalue weighted by Gasteiger charge is -2.22. The number of aryl methyl sites for hydroxylation is 2. The van der Waals surface area contributed by atoms with E-state index in [1.165, 1.54) is 43.4 Å². The van der Waals surface area contributed by atoms with Gasteiger partial charge in [0.05, 0.1) is 29.9 Å². The lowest BCUT2D eigenvalue weighted by Crippen LogP contribution is -2.08. The van der Waals surface area contributed by atoms with Gasteiger partial charge in [-0.05, 0) is 30.9 Å². The monoisotopic (exact) mass is 335 g/mol. The van der Waals surface area contributed by atoms with E-state index < -0.39 is 0 Å². The van der Waals surface area contributed by atoms with Crippen LogP contribution in [0.3, 0.4) is 0 Å². The Hall–Kier alpha value is -2.43. The first kappa shape index (κ1) is 16.1. The van der Waals surface area contributed by atoms with Gasteiger partial charge in [0.2, 0.25) is 0 Å². The van der Waals surface area contributed by atoms with Crippen LogP contribution in [0.1, 0.15) is 56.2 Å². The zero-order valence-electron chi connectivity index (χ0n) is 15.0. The smallest absolute Gasteiger partial charge is 0.132 e. The third-order valence-corrected chi connectivity index (χ3v) is 5.29. The molecule has 4 rings (SSSR count). The number of pyridine rings is 2. The van der Waals surface area contributed by atoms with E-state index in [4.69, 9.17) is 4.98 Å². The summed E-state index contributed by atoms with van der Waals surface area (Å²) < 4.78 is 2.01. The summed E-state index contributed by atoms with van der Waals surface area (Å²) in [6.07, 6.45) is 13.2. The van der Waals surface area contributed by atoms with Gasteiger partial charge in [0, 0.05) is 24.7 Å². The number of nitrogens with zero attached hydrogens (tertiary/aromatic N) is 4. The lowest BCUT2D eigenvalue weighted by molar-refractivity contribution is 0.436. The SMILES string of the molecule is CCc1cc(C2CCCCC2)ncc1Nc1cc2c(cn1)ncn2C. The van der Waals surface area contributed by atoms with E-state index in [2.05, 4.69) is 28.3 Å². The van der Waals surface area contributed by atoms with E-state index in [1.807, 2.05) is 36.4 Å². The number of aromatic nitrogens is 4. The van der Waals surface area contributed by atoms with Crippen LogP contribution in [-0.4, -0.2) is 19.5 Å². The molecule has 0 bridgehead atoms. The molecule has 0 amide bonds. The van der Waals surface area contributed by atoms with Gasteiger partial charge in [0.25, 0.3) is 0 Å². The van der Waals surface area contributed by atoms with Crippen molar-refractivity contribution in [3.05, 3.63) is 42.1 Å². The molecule has 130 valence electrons. The van der Waals surface area contributed by atoms with Crippen molar-refractivity contribution in [3.8, 4) is 0 Å². The molecule has 1 aliphatic rings. The fourth-order valence-corrected chi connectivity index (χ4v) is 3.78. The molecule has 3 heterocycles. The molecule has 0 spiro atoms. The minimum atomic E-state index is 0.636. The second-order valence-corrected chi connectivity index (χ2v) is 6.99. The molecule has 0 saturated heterocycles. The van der Waals surface area contributed by atoms with Crippen molar-refractivity contribution in [2.45, 2.75) is 51.4 Å². The minimum Gasteiger partial charge on any atom is -0.339 e. The first-order valence-corrected chi connectivity index (χ1v) is 9.27. The molecule has 1 aliphatic carbocycles. The van der Waals surface area contributed by atoms with Crippen LogP contribution in [-0.2, 0) is 13.5 Å². The first-order chi connectivity index (χ1) is 12.2. The van der Waals surface area contributed by atoms with Crippen molar-refractivity contribution in [1.29, 1.82) is 0 Å². The van der Waals surface area contributed by atoms with Crippen molar-refractivity contribution < 1.29 is 0 Å². The van der Waals surface area contributed by atoms with Gasteiger partial charge in [-0.25, -0.2) is 9.97 Å². The molecule has 1 saturated carbocycles. The third-order valence-electron chi connectivity index (χ3n) is 5.29. The Balaban J connectivity index is 1.61. The standard InChI is InChI=1S/C20H25N5/c1-3-14-9-16(15-7-5-4-6-8-15)21-11-17(14)24-20-10-19-18(12-22-20)23-13-25(19)2/h9-13,15H,3-8H2,1-2H3,(H,22,24). The van der Waals surface area contributed by atoms with Gasteiger partial charge >= 0.3 is 0 Å².